The third-order valence-electron chi connectivity index (χ3n) is 2.34. The minimum Gasteiger partial charge on any atom is -0.192 e. The first-order valence-corrected chi connectivity index (χ1v) is 5.40. The Morgan fingerprint density at radius 2 is 1.89 bits per heavy atom. The van der Waals surface area contributed by atoms with Crippen LogP contribution in [0.2, 0.25) is 5.15 Å². The average molecular weight is 284 g/mol. The van der Waals surface area contributed by atoms with Gasteiger partial charge in [-0.2, -0.15) is 18.4 Å². The van der Waals surface area contributed by atoms with Crippen LogP contribution in [0.5, 0.6) is 0 Å². The Bertz CT molecular complexity index is 662. The predicted octanol–water partition coefficient (Wildman–Crippen LogP) is 3.69. The summed E-state index contributed by atoms with van der Waals surface area (Å²) < 4.78 is 38.1. The molecule has 0 bridgehead atoms. The molecule has 0 fully saturated rings. The molecule has 19 heavy (non-hydrogen) atoms. The average Bonchev–Trinajstić information content (AvgIpc) is 2.38. The highest BCUT2D eigenvalue weighted by Crippen LogP contribution is 2.35. The molecule has 1 heterocycles. The molecule has 0 unspecified atom stereocenters. The van der Waals surface area contributed by atoms with Gasteiger partial charge in [0.05, 0.1) is 22.9 Å². The summed E-state index contributed by atoms with van der Waals surface area (Å²) >= 11 is 5.38. The highest BCUT2D eigenvalue weighted by Gasteiger charge is 2.34. The maximum atomic E-state index is 12.7. The molecular formula is C12H5ClF3N3. The van der Waals surface area contributed by atoms with E-state index in [4.69, 9.17) is 16.9 Å². The molecule has 0 spiro atoms. The number of hydrogen-bond acceptors (Lipinski definition) is 3. The van der Waals surface area contributed by atoms with Gasteiger partial charge in [-0.05, 0) is 18.2 Å². The van der Waals surface area contributed by atoms with Gasteiger partial charge in [0.2, 0.25) is 0 Å². The quantitative estimate of drug-likeness (QED) is 0.802. The van der Waals surface area contributed by atoms with Crippen LogP contribution in [0.15, 0.2) is 30.3 Å². The SMILES string of the molecule is N#Cc1cccc(-c2cc(C(F)(F)F)c(Cl)nn2)c1. The van der Waals surface area contributed by atoms with Crippen LogP contribution in [-0.2, 0) is 6.18 Å². The van der Waals surface area contributed by atoms with Gasteiger partial charge in [0.15, 0.2) is 5.15 Å². The molecule has 0 saturated heterocycles. The van der Waals surface area contributed by atoms with E-state index in [9.17, 15) is 13.2 Å². The van der Waals surface area contributed by atoms with Crippen LogP contribution in [0.3, 0.4) is 0 Å². The van der Waals surface area contributed by atoms with Crippen LogP contribution in [0.4, 0.5) is 13.2 Å². The molecule has 1 aromatic heterocycles. The zero-order chi connectivity index (χ0) is 14.0. The summed E-state index contributed by atoms with van der Waals surface area (Å²) in [6.45, 7) is 0. The van der Waals surface area contributed by atoms with Gasteiger partial charge in [-0.25, -0.2) is 0 Å². The van der Waals surface area contributed by atoms with Crippen molar-refractivity contribution in [1.82, 2.24) is 10.2 Å². The monoisotopic (exact) mass is 283 g/mol. The van der Waals surface area contributed by atoms with E-state index in [-0.39, 0.29) is 5.69 Å². The van der Waals surface area contributed by atoms with E-state index < -0.39 is 16.9 Å². The van der Waals surface area contributed by atoms with Gasteiger partial charge in [-0.3, -0.25) is 0 Å². The second kappa shape index (κ2) is 4.86. The molecule has 0 N–H and O–H groups in total. The van der Waals surface area contributed by atoms with Crippen LogP contribution in [0.1, 0.15) is 11.1 Å². The van der Waals surface area contributed by atoms with Gasteiger partial charge in [0, 0.05) is 5.56 Å². The van der Waals surface area contributed by atoms with Crippen LogP contribution < -0.4 is 0 Å². The number of benzene rings is 1. The molecule has 0 aliphatic carbocycles. The maximum Gasteiger partial charge on any atom is 0.419 e. The van der Waals surface area contributed by atoms with Crippen LogP contribution in [-0.4, -0.2) is 10.2 Å². The van der Waals surface area contributed by atoms with Gasteiger partial charge < -0.3 is 0 Å². The summed E-state index contributed by atoms with van der Waals surface area (Å²) in [7, 11) is 0. The summed E-state index contributed by atoms with van der Waals surface area (Å²) in [4.78, 5) is 0. The lowest BCUT2D eigenvalue weighted by Gasteiger charge is -2.09. The van der Waals surface area contributed by atoms with Crippen molar-refractivity contribution < 1.29 is 13.2 Å². The maximum absolute atomic E-state index is 12.7. The number of aromatic nitrogens is 2. The van der Waals surface area contributed by atoms with E-state index in [1.165, 1.54) is 12.1 Å². The largest absolute Gasteiger partial charge is 0.419 e. The molecule has 0 saturated carbocycles. The molecule has 0 atom stereocenters. The summed E-state index contributed by atoms with van der Waals surface area (Å²) in [5, 5.41) is 14.9. The zero-order valence-corrected chi connectivity index (χ0v) is 10.00. The predicted molar refractivity (Wildman–Crippen MR) is 62.2 cm³/mol. The molecule has 2 rings (SSSR count). The number of alkyl halides is 3. The van der Waals surface area contributed by atoms with Crippen LogP contribution >= 0.6 is 11.6 Å². The summed E-state index contributed by atoms with van der Waals surface area (Å²) in [5.74, 6) is 0. The lowest BCUT2D eigenvalue weighted by Crippen LogP contribution is -2.08. The molecule has 1 aromatic carbocycles. The Morgan fingerprint density at radius 1 is 1.16 bits per heavy atom. The summed E-state index contributed by atoms with van der Waals surface area (Å²) in [6.07, 6.45) is -4.60. The second-order valence-electron chi connectivity index (χ2n) is 3.62. The summed E-state index contributed by atoms with van der Waals surface area (Å²) in [6, 6.07) is 8.77. The number of nitrogens with zero attached hydrogens (tertiary/aromatic N) is 3. The minimum atomic E-state index is -4.60. The van der Waals surface area contributed by atoms with Gasteiger partial charge in [0.1, 0.15) is 0 Å². The first-order chi connectivity index (χ1) is 8.91. The fourth-order valence-electron chi connectivity index (χ4n) is 1.46. The van der Waals surface area contributed by atoms with Crippen LogP contribution in [0, 0.1) is 11.3 Å². The van der Waals surface area contributed by atoms with Crippen molar-refractivity contribution in [2.75, 3.05) is 0 Å². The second-order valence-corrected chi connectivity index (χ2v) is 3.98. The standard InChI is InChI=1S/C12H5ClF3N3/c13-11-9(12(14,15)16)5-10(18-19-11)8-3-1-2-7(4-8)6-17/h1-5H. The molecule has 3 nitrogen and oxygen atoms in total. The topological polar surface area (TPSA) is 49.6 Å². The van der Waals surface area contributed by atoms with Gasteiger partial charge >= 0.3 is 6.18 Å². The van der Waals surface area contributed by atoms with E-state index in [1.807, 2.05) is 6.07 Å². The molecular weight excluding hydrogens is 279 g/mol. The van der Waals surface area contributed by atoms with Crippen molar-refractivity contribution in [3.05, 3.63) is 46.6 Å². The molecule has 2 aromatic rings. The number of hydrogen-bond donors (Lipinski definition) is 0. The molecule has 7 heteroatoms. The lowest BCUT2D eigenvalue weighted by atomic mass is 10.1. The van der Waals surface area contributed by atoms with E-state index >= 15 is 0 Å². The van der Waals surface area contributed by atoms with E-state index in [2.05, 4.69) is 10.2 Å². The minimum absolute atomic E-state index is 0.00817. The fourth-order valence-corrected chi connectivity index (χ4v) is 1.66. The normalized spacial score (nSPS) is 11.1. The van der Waals surface area contributed by atoms with Crippen molar-refractivity contribution in [3.63, 3.8) is 0 Å². The van der Waals surface area contributed by atoms with E-state index in [0.717, 1.165) is 6.07 Å². The molecule has 0 amide bonds. The number of rotatable bonds is 1. The number of nitriles is 1. The first-order valence-electron chi connectivity index (χ1n) is 5.03. The fraction of sp³-hybridized carbons (Fsp3) is 0.0833. The summed E-state index contributed by atoms with van der Waals surface area (Å²) in [5.41, 5.74) is -0.355. The Hall–Kier alpha value is -2.13. The Balaban J connectivity index is 2.55. The molecule has 96 valence electrons. The smallest absolute Gasteiger partial charge is 0.192 e. The lowest BCUT2D eigenvalue weighted by molar-refractivity contribution is -0.137. The Kier molecular flexibility index (Phi) is 3.40. The van der Waals surface area contributed by atoms with Gasteiger partial charge in [-0.1, -0.05) is 23.7 Å². The van der Waals surface area contributed by atoms with Crippen molar-refractivity contribution in [1.29, 1.82) is 5.26 Å². The zero-order valence-electron chi connectivity index (χ0n) is 9.24. The molecule has 0 radical (unpaired) electrons. The molecule has 0 aliphatic rings. The van der Waals surface area contributed by atoms with Crippen molar-refractivity contribution in [3.8, 4) is 17.3 Å². The van der Waals surface area contributed by atoms with Crippen LogP contribution in [0.25, 0.3) is 11.3 Å². The third kappa shape index (κ3) is 2.83. The Labute approximate surface area is 111 Å². The van der Waals surface area contributed by atoms with Crippen molar-refractivity contribution in [2.45, 2.75) is 6.18 Å². The highest BCUT2D eigenvalue weighted by atomic mass is 35.5. The van der Waals surface area contributed by atoms with Crippen molar-refractivity contribution in [2.24, 2.45) is 0 Å². The third-order valence-corrected chi connectivity index (χ3v) is 2.62. The Morgan fingerprint density at radius 3 is 2.53 bits per heavy atom. The van der Waals surface area contributed by atoms with E-state index in [0.29, 0.717) is 11.1 Å². The van der Waals surface area contributed by atoms with E-state index in [1.54, 1.807) is 12.1 Å². The van der Waals surface area contributed by atoms with Gasteiger partial charge in [0.25, 0.3) is 0 Å². The van der Waals surface area contributed by atoms with Crippen molar-refractivity contribution >= 4 is 11.6 Å². The number of halogens is 4. The highest BCUT2D eigenvalue weighted by molar-refractivity contribution is 6.30. The molecule has 0 aliphatic heterocycles. The first kappa shape index (κ1) is 13.3. The van der Waals surface area contributed by atoms with Gasteiger partial charge in [-0.15, -0.1) is 10.2 Å².